The number of hydrogen-bond donors (Lipinski definition) is 1. The maximum absolute atomic E-state index is 11.1. The van der Waals surface area contributed by atoms with E-state index >= 15 is 0 Å². The Morgan fingerprint density at radius 1 is 1.04 bits per heavy atom. The van der Waals surface area contributed by atoms with Crippen molar-refractivity contribution in [2.45, 2.75) is 31.3 Å². The monoisotopic (exact) mass is 351 g/mol. The largest absolute Gasteiger partial charge is 0.497 e. The van der Waals surface area contributed by atoms with E-state index in [1.807, 2.05) is 30.3 Å². The van der Waals surface area contributed by atoms with Gasteiger partial charge in [0.2, 0.25) is 0 Å². The summed E-state index contributed by atoms with van der Waals surface area (Å²) in [5.41, 5.74) is 1.83. The van der Waals surface area contributed by atoms with E-state index in [1.165, 1.54) is 5.56 Å². The Labute approximate surface area is 156 Å². The minimum Gasteiger partial charge on any atom is -0.497 e. The summed E-state index contributed by atoms with van der Waals surface area (Å²) in [6, 6.07) is 18.7. The number of benzene rings is 2. The van der Waals surface area contributed by atoms with Gasteiger partial charge in [0.05, 0.1) is 12.7 Å². The molecule has 2 aromatic carbocycles. The maximum Gasteiger partial charge on any atom is 0.118 e. The molecule has 26 heavy (non-hydrogen) atoms. The number of methoxy groups -OCH3 is 1. The number of likely N-dealkylation sites (tertiary alicyclic amines) is 1. The van der Waals surface area contributed by atoms with Crippen LogP contribution in [0.15, 0.2) is 54.6 Å². The predicted octanol–water partition coefficient (Wildman–Crippen LogP) is 4.03. The van der Waals surface area contributed by atoms with Crippen molar-refractivity contribution in [3.63, 3.8) is 0 Å². The molecule has 0 bridgehead atoms. The molecular formula is C23H29NO2. The SMILES string of the molecule is COc1ccc(C(C)CN2C[C@@H]3C[C@@](O)(c4ccccc4)C[C@@H]3C2)cc1. The summed E-state index contributed by atoms with van der Waals surface area (Å²) in [7, 11) is 1.71. The van der Waals surface area contributed by atoms with Gasteiger partial charge < -0.3 is 14.7 Å². The van der Waals surface area contributed by atoms with E-state index in [9.17, 15) is 5.11 Å². The summed E-state index contributed by atoms with van der Waals surface area (Å²) in [5.74, 6) is 2.65. The molecule has 2 fully saturated rings. The molecule has 1 N–H and O–H groups in total. The third-order valence-electron chi connectivity index (χ3n) is 6.38. The van der Waals surface area contributed by atoms with E-state index in [0.29, 0.717) is 17.8 Å². The number of aliphatic hydroxyl groups is 1. The normalized spacial score (nSPS) is 29.5. The molecule has 1 aliphatic carbocycles. The Morgan fingerprint density at radius 3 is 2.23 bits per heavy atom. The van der Waals surface area contributed by atoms with Crippen LogP contribution in [-0.4, -0.2) is 36.8 Å². The lowest BCUT2D eigenvalue weighted by molar-refractivity contribution is 0.0312. The van der Waals surface area contributed by atoms with Crippen LogP contribution in [0.2, 0.25) is 0 Å². The maximum atomic E-state index is 11.1. The van der Waals surface area contributed by atoms with E-state index in [1.54, 1.807) is 7.11 Å². The molecule has 138 valence electrons. The first kappa shape index (κ1) is 17.6. The Morgan fingerprint density at radius 2 is 1.65 bits per heavy atom. The molecule has 1 saturated carbocycles. The fourth-order valence-corrected chi connectivity index (χ4v) is 5.01. The minimum atomic E-state index is -0.621. The number of hydrogen-bond acceptors (Lipinski definition) is 3. The molecule has 3 heteroatoms. The molecule has 1 aliphatic heterocycles. The smallest absolute Gasteiger partial charge is 0.118 e. The topological polar surface area (TPSA) is 32.7 Å². The standard InChI is InChI=1S/C23H29NO2/c1-17(18-8-10-22(26-2)11-9-18)14-24-15-19-12-23(25,13-20(19)16-24)21-6-4-3-5-7-21/h3-11,17,19-20,25H,12-16H2,1-2H3/t17?,19-,20+,23-. The molecule has 0 radical (unpaired) electrons. The second-order valence-electron chi connectivity index (χ2n) is 8.22. The summed E-state index contributed by atoms with van der Waals surface area (Å²) >= 11 is 0. The van der Waals surface area contributed by atoms with Gasteiger partial charge in [-0.1, -0.05) is 49.4 Å². The Hall–Kier alpha value is -1.84. The molecule has 1 saturated heterocycles. The Balaban J connectivity index is 1.36. The first-order valence-corrected chi connectivity index (χ1v) is 9.71. The van der Waals surface area contributed by atoms with Crippen molar-refractivity contribution in [3.8, 4) is 5.75 Å². The predicted molar refractivity (Wildman–Crippen MR) is 104 cm³/mol. The minimum absolute atomic E-state index is 0.507. The average molecular weight is 351 g/mol. The highest BCUT2D eigenvalue weighted by molar-refractivity contribution is 5.29. The number of fused-ring (bicyclic) bond motifs is 1. The van der Waals surface area contributed by atoms with Crippen LogP contribution in [-0.2, 0) is 5.60 Å². The zero-order valence-electron chi connectivity index (χ0n) is 15.8. The fraction of sp³-hybridized carbons (Fsp3) is 0.478. The molecule has 0 amide bonds. The van der Waals surface area contributed by atoms with E-state index in [2.05, 4.69) is 36.1 Å². The van der Waals surface area contributed by atoms with Gasteiger partial charge in [0.25, 0.3) is 0 Å². The highest BCUT2D eigenvalue weighted by Gasteiger charge is 2.48. The van der Waals surface area contributed by atoms with Gasteiger partial charge in [-0.25, -0.2) is 0 Å². The van der Waals surface area contributed by atoms with Crippen LogP contribution in [0.4, 0.5) is 0 Å². The molecule has 0 aromatic heterocycles. The van der Waals surface area contributed by atoms with E-state index in [0.717, 1.165) is 43.8 Å². The molecule has 0 spiro atoms. The van der Waals surface area contributed by atoms with Crippen LogP contribution >= 0.6 is 0 Å². The molecule has 3 nitrogen and oxygen atoms in total. The number of nitrogens with zero attached hydrogens (tertiary/aromatic N) is 1. The molecular weight excluding hydrogens is 322 g/mol. The first-order chi connectivity index (χ1) is 12.6. The van der Waals surface area contributed by atoms with Crippen LogP contribution in [0.1, 0.15) is 36.8 Å². The van der Waals surface area contributed by atoms with Gasteiger partial charge in [-0.2, -0.15) is 0 Å². The van der Waals surface area contributed by atoms with Crippen molar-refractivity contribution >= 4 is 0 Å². The van der Waals surface area contributed by atoms with Gasteiger partial charge in [-0.15, -0.1) is 0 Å². The summed E-state index contributed by atoms with van der Waals surface area (Å²) in [6.07, 6.45) is 1.80. The van der Waals surface area contributed by atoms with Gasteiger partial charge in [-0.3, -0.25) is 0 Å². The van der Waals surface area contributed by atoms with Crippen molar-refractivity contribution in [2.75, 3.05) is 26.7 Å². The molecule has 1 heterocycles. The van der Waals surface area contributed by atoms with Crippen LogP contribution in [0.5, 0.6) is 5.75 Å². The Kier molecular flexibility index (Phi) is 4.76. The number of ether oxygens (including phenoxy) is 1. The first-order valence-electron chi connectivity index (χ1n) is 9.71. The van der Waals surface area contributed by atoms with Crippen molar-refractivity contribution in [1.82, 2.24) is 4.90 Å². The summed E-state index contributed by atoms with van der Waals surface area (Å²) in [6.45, 7) is 5.61. The quantitative estimate of drug-likeness (QED) is 0.883. The van der Waals surface area contributed by atoms with Crippen molar-refractivity contribution in [1.29, 1.82) is 0 Å². The van der Waals surface area contributed by atoms with E-state index < -0.39 is 5.60 Å². The lowest BCUT2D eigenvalue weighted by Crippen LogP contribution is -2.30. The van der Waals surface area contributed by atoms with Crippen molar-refractivity contribution < 1.29 is 9.84 Å². The Bertz CT molecular complexity index is 714. The van der Waals surface area contributed by atoms with Gasteiger partial charge in [0.15, 0.2) is 0 Å². The zero-order chi connectivity index (χ0) is 18.1. The van der Waals surface area contributed by atoms with Crippen LogP contribution in [0, 0.1) is 11.8 Å². The van der Waals surface area contributed by atoms with Crippen molar-refractivity contribution in [2.24, 2.45) is 11.8 Å². The summed E-state index contributed by atoms with van der Waals surface area (Å²) < 4.78 is 5.25. The average Bonchev–Trinajstić information content (AvgIpc) is 3.17. The van der Waals surface area contributed by atoms with Crippen LogP contribution in [0.3, 0.4) is 0 Å². The molecule has 2 aromatic rings. The highest BCUT2D eigenvalue weighted by atomic mass is 16.5. The van der Waals surface area contributed by atoms with Gasteiger partial charge in [0.1, 0.15) is 5.75 Å². The summed E-state index contributed by atoms with van der Waals surface area (Å²) in [5, 5.41) is 11.1. The van der Waals surface area contributed by atoms with Crippen molar-refractivity contribution in [3.05, 3.63) is 65.7 Å². The lowest BCUT2D eigenvalue weighted by Gasteiger charge is -2.27. The second kappa shape index (κ2) is 7.05. The molecule has 1 unspecified atom stereocenters. The van der Waals surface area contributed by atoms with Crippen LogP contribution in [0.25, 0.3) is 0 Å². The second-order valence-corrected chi connectivity index (χ2v) is 8.22. The lowest BCUT2D eigenvalue weighted by atomic mass is 9.90. The van der Waals surface area contributed by atoms with E-state index in [4.69, 9.17) is 4.74 Å². The van der Waals surface area contributed by atoms with Gasteiger partial charge >= 0.3 is 0 Å². The molecule has 4 rings (SSSR count). The molecule has 4 atom stereocenters. The zero-order valence-corrected chi connectivity index (χ0v) is 15.8. The third-order valence-corrected chi connectivity index (χ3v) is 6.38. The van der Waals surface area contributed by atoms with E-state index in [-0.39, 0.29) is 0 Å². The third kappa shape index (κ3) is 3.38. The summed E-state index contributed by atoms with van der Waals surface area (Å²) in [4.78, 5) is 2.59. The fourth-order valence-electron chi connectivity index (χ4n) is 5.01. The van der Waals surface area contributed by atoms with Gasteiger partial charge in [0, 0.05) is 19.6 Å². The number of rotatable bonds is 5. The highest BCUT2D eigenvalue weighted by Crippen LogP contribution is 2.49. The van der Waals surface area contributed by atoms with Gasteiger partial charge in [-0.05, 0) is 53.9 Å². The molecule has 2 aliphatic rings. The van der Waals surface area contributed by atoms with Crippen LogP contribution < -0.4 is 4.74 Å².